The van der Waals surface area contributed by atoms with Crippen LogP contribution in [-0.2, 0) is 4.74 Å². The first-order valence-electron chi connectivity index (χ1n) is 9.42. The number of halogens is 5. The van der Waals surface area contributed by atoms with Crippen molar-refractivity contribution < 1.29 is 37.6 Å². The van der Waals surface area contributed by atoms with Gasteiger partial charge < -0.3 is 24.5 Å². The second-order valence-corrected chi connectivity index (χ2v) is 9.11. The van der Waals surface area contributed by atoms with Gasteiger partial charge in [-0.05, 0) is 30.3 Å². The number of aliphatic hydroxyl groups excluding tert-OH is 3. The summed E-state index contributed by atoms with van der Waals surface area (Å²) < 4.78 is 51.4. The Morgan fingerprint density at radius 1 is 0.970 bits per heavy atom. The van der Waals surface area contributed by atoms with Gasteiger partial charge in [0.25, 0.3) is 0 Å². The van der Waals surface area contributed by atoms with E-state index in [2.05, 4.69) is 10.2 Å². The molecular formula is C20H15Cl2F3N2O5S. The third-order valence-corrected chi connectivity index (χ3v) is 6.87. The van der Waals surface area contributed by atoms with Crippen LogP contribution in [0.15, 0.2) is 39.6 Å². The van der Waals surface area contributed by atoms with Gasteiger partial charge in [-0.1, -0.05) is 35.0 Å². The van der Waals surface area contributed by atoms with Crippen molar-refractivity contribution in [2.45, 2.75) is 34.6 Å². The molecule has 1 saturated heterocycles. The first-order valence-corrected chi connectivity index (χ1v) is 11.1. The number of benzene rings is 2. The Morgan fingerprint density at radius 3 is 2.30 bits per heavy atom. The zero-order valence-corrected chi connectivity index (χ0v) is 18.7. The Bertz CT molecular complexity index is 1150. The molecule has 0 saturated carbocycles. The van der Waals surface area contributed by atoms with Crippen LogP contribution in [0, 0.1) is 17.5 Å². The number of hydrogen-bond acceptors (Lipinski definition) is 8. The van der Waals surface area contributed by atoms with Gasteiger partial charge in [-0.2, -0.15) is 0 Å². The lowest BCUT2D eigenvalue weighted by Gasteiger charge is -2.40. The van der Waals surface area contributed by atoms with E-state index in [0.717, 1.165) is 11.8 Å². The van der Waals surface area contributed by atoms with Crippen LogP contribution in [0.1, 0.15) is 11.8 Å². The van der Waals surface area contributed by atoms with Crippen molar-refractivity contribution in [1.82, 2.24) is 10.2 Å². The lowest BCUT2D eigenvalue weighted by molar-refractivity contribution is -0.166. The van der Waals surface area contributed by atoms with Gasteiger partial charge in [-0.25, -0.2) is 13.2 Å². The van der Waals surface area contributed by atoms with Gasteiger partial charge in [0.15, 0.2) is 17.5 Å². The lowest BCUT2D eigenvalue weighted by Crippen LogP contribution is -2.53. The molecule has 1 aliphatic rings. The molecule has 0 amide bonds. The average Bonchev–Trinajstić information content (AvgIpc) is 3.26. The van der Waals surface area contributed by atoms with Crippen molar-refractivity contribution in [3.8, 4) is 11.5 Å². The summed E-state index contributed by atoms with van der Waals surface area (Å²) in [6.07, 6.45) is -3.97. The summed E-state index contributed by atoms with van der Waals surface area (Å²) in [5.74, 6) is -6.39. The number of aliphatic hydroxyl groups is 3. The standard InChI is InChI=1S/C20H15Cl2F3N2O5S/c21-9-2-1-8(5-10(9)22)33-20-17(30)14(16(29)13(6-28)31-20)19-27-26-18(32-19)7-3-11(23)15(25)12(24)4-7/h1-5,13-14,16-17,20,28-30H,6H2/t13-,14+,16+,17-,20-/m1/s1. The zero-order valence-electron chi connectivity index (χ0n) is 16.3. The number of aromatic nitrogens is 2. The van der Waals surface area contributed by atoms with Crippen LogP contribution in [0.4, 0.5) is 13.2 Å². The first kappa shape index (κ1) is 24.3. The van der Waals surface area contributed by atoms with E-state index in [9.17, 15) is 28.5 Å². The zero-order chi connectivity index (χ0) is 23.9. The van der Waals surface area contributed by atoms with E-state index in [-0.39, 0.29) is 22.4 Å². The highest BCUT2D eigenvalue weighted by atomic mass is 35.5. The fourth-order valence-electron chi connectivity index (χ4n) is 3.33. The quantitative estimate of drug-likeness (QED) is 0.434. The molecule has 176 valence electrons. The van der Waals surface area contributed by atoms with Crippen molar-refractivity contribution in [2.24, 2.45) is 0 Å². The van der Waals surface area contributed by atoms with Crippen LogP contribution < -0.4 is 0 Å². The van der Waals surface area contributed by atoms with Crippen LogP contribution in [0.3, 0.4) is 0 Å². The third kappa shape index (κ3) is 4.85. The molecule has 0 bridgehead atoms. The Hall–Kier alpha value is -1.86. The number of ether oxygens (including phenoxy) is 1. The molecule has 1 aromatic heterocycles. The van der Waals surface area contributed by atoms with Crippen molar-refractivity contribution >= 4 is 35.0 Å². The van der Waals surface area contributed by atoms with Gasteiger partial charge in [0.1, 0.15) is 17.6 Å². The molecule has 13 heteroatoms. The summed E-state index contributed by atoms with van der Waals surface area (Å²) >= 11 is 13.0. The van der Waals surface area contributed by atoms with Crippen LogP contribution >= 0.6 is 35.0 Å². The highest BCUT2D eigenvalue weighted by Crippen LogP contribution is 2.41. The molecule has 0 radical (unpaired) electrons. The van der Waals surface area contributed by atoms with E-state index in [1.165, 1.54) is 0 Å². The van der Waals surface area contributed by atoms with Gasteiger partial charge in [-0.3, -0.25) is 0 Å². The highest BCUT2D eigenvalue weighted by molar-refractivity contribution is 7.99. The molecule has 2 heterocycles. The first-order chi connectivity index (χ1) is 15.7. The van der Waals surface area contributed by atoms with Crippen LogP contribution in [0.25, 0.3) is 11.5 Å². The van der Waals surface area contributed by atoms with Gasteiger partial charge in [-0.15, -0.1) is 10.2 Å². The summed E-state index contributed by atoms with van der Waals surface area (Å²) in [6.45, 7) is -0.585. The molecule has 0 spiro atoms. The van der Waals surface area contributed by atoms with E-state index in [4.69, 9.17) is 32.4 Å². The topological polar surface area (TPSA) is 109 Å². The van der Waals surface area contributed by atoms with E-state index in [1.54, 1.807) is 18.2 Å². The van der Waals surface area contributed by atoms with Crippen molar-refractivity contribution in [3.05, 3.63) is 63.7 Å². The van der Waals surface area contributed by atoms with Crippen LogP contribution in [-0.4, -0.2) is 55.9 Å². The normalized spacial score (nSPS) is 25.4. The molecule has 5 atom stereocenters. The minimum Gasteiger partial charge on any atom is -0.420 e. The molecule has 1 fully saturated rings. The van der Waals surface area contributed by atoms with Gasteiger partial charge in [0, 0.05) is 10.5 Å². The molecule has 33 heavy (non-hydrogen) atoms. The maximum absolute atomic E-state index is 13.6. The van der Waals surface area contributed by atoms with E-state index in [1.807, 2.05) is 0 Å². The lowest BCUT2D eigenvalue weighted by atomic mass is 9.90. The Balaban J connectivity index is 1.63. The monoisotopic (exact) mass is 522 g/mol. The maximum atomic E-state index is 13.6. The molecule has 7 nitrogen and oxygen atoms in total. The molecule has 3 aromatic rings. The number of nitrogens with zero attached hydrogens (tertiary/aromatic N) is 2. The number of thioether (sulfide) groups is 1. The SMILES string of the molecule is OC[C@H]1O[C@H](Sc2ccc(Cl)c(Cl)c2)[C@H](O)[C@@H](c2nnc(-c3cc(F)c(F)c(F)c3)o2)[C@H]1O. The van der Waals surface area contributed by atoms with Crippen LogP contribution in [0.2, 0.25) is 10.0 Å². The Kier molecular flexibility index (Phi) is 7.20. The third-order valence-electron chi connectivity index (χ3n) is 4.98. The van der Waals surface area contributed by atoms with E-state index < -0.39 is 53.7 Å². The van der Waals surface area contributed by atoms with E-state index in [0.29, 0.717) is 22.1 Å². The molecular weight excluding hydrogens is 508 g/mol. The van der Waals surface area contributed by atoms with E-state index >= 15 is 0 Å². The van der Waals surface area contributed by atoms with Gasteiger partial charge >= 0.3 is 0 Å². The summed E-state index contributed by atoms with van der Waals surface area (Å²) in [4.78, 5) is 0.587. The average molecular weight is 523 g/mol. The number of rotatable bonds is 5. The summed E-state index contributed by atoms with van der Waals surface area (Å²) in [6, 6.07) is 6.10. The highest BCUT2D eigenvalue weighted by Gasteiger charge is 2.48. The van der Waals surface area contributed by atoms with Crippen LogP contribution in [0.5, 0.6) is 0 Å². The Labute approximate surface area is 199 Å². The predicted octanol–water partition coefficient (Wildman–Crippen LogP) is 3.78. The maximum Gasteiger partial charge on any atom is 0.247 e. The fraction of sp³-hybridized carbons (Fsp3) is 0.300. The fourth-order valence-corrected chi connectivity index (χ4v) is 4.80. The predicted molar refractivity (Wildman–Crippen MR) is 112 cm³/mol. The number of hydrogen-bond donors (Lipinski definition) is 3. The summed E-state index contributed by atoms with van der Waals surface area (Å²) in [5, 5.41) is 39.3. The van der Waals surface area contributed by atoms with Crippen molar-refractivity contribution in [1.29, 1.82) is 0 Å². The smallest absolute Gasteiger partial charge is 0.247 e. The summed E-state index contributed by atoms with van der Waals surface area (Å²) in [5.41, 5.74) is -1.23. The molecule has 2 aromatic carbocycles. The van der Waals surface area contributed by atoms with Crippen molar-refractivity contribution in [2.75, 3.05) is 6.61 Å². The summed E-state index contributed by atoms with van der Waals surface area (Å²) in [7, 11) is 0. The molecule has 3 N–H and O–H groups in total. The minimum atomic E-state index is -1.65. The molecule has 0 unspecified atom stereocenters. The Morgan fingerprint density at radius 2 is 1.67 bits per heavy atom. The van der Waals surface area contributed by atoms with Gasteiger partial charge in [0.2, 0.25) is 11.8 Å². The van der Waals surface area contributed by atoms with Gasteiger partial charge in [0.05, 0.1) is 28.7 Å². The van der Waals surface area contributed by atoms with Crippen molar-refractivity contribution in [3.63, 3.8) is 0 Å². The second-order valence-electron chi connectivity index (χ2n) is 7.13. The largest absolute Gasteiger partial charge is 0.420 e. The molecule has 4 rings (SSSR count). The second kappa shape index (κ2) is 9.79. The molecule has 0 aliphatic carbocycles. The minimum absolute atomic E-state index is 0.235. The molecule has 1 aliphatic heterocycles.